The van der Waals surface area contributed by atoms with Crippen molar-refractivity contribution < 1.29 is 19.1 Å². The van der Waals surface area contributed by atoms with Crippen molar-refractivity contribution in [3.05, 3.63) is 70.3 Å². The molecule has 2 aliphatic carbocycles. The normalized spacial score (nSPS) is 23.2. The summed E-state index contributed by atoms with van der Waals surface area (Å²) in [6.45, 7) is 10.0. The monoisotopic (exact) mass is 486 g/mol. The summed E-state index contributed by atoms with van der Waals surface area (Å²) in [5.74, 6) is 0.538. The molecule has 2 aromatic carbocycles. The van der Waals surface area contributed by atoms with Gasteiger partial charge < -0.3 is 4.74 Å². The Kier molecular flexibility index (Phi) is 7.63. The van der Waals surface area contributed by atoms with Crippen LogP contribution >= 0.6 is 0 Å². The molecule has 4 rings (SSSR count). The van der Waals surface area contributed by atoms with Crippen molar-refractivity contribution in [2.75, 3.05) is 7.11 Å². The van der Waals surface area contributed by atoms with Gasteiger partial charge in [-0.05, 0) is 79.2 Å². The molecule has 0 aromatic heterocycles. The van der Waals surface area contributed by atoms with Crippen molar-refractivity contribution in [3.8, 4) is 5.75 Å². The molecule has 4 unspecified atom stereocenters. The van der Waals surface area contributed by atoms with Crippen molar-refractivity contribution in [2.45, 2.75) is 60.3 Å². The van der Waals surface area contributed by atoms with Crippen LogP contribution in [0.2, 0.25) is 0 Å². The molecule has 4 heteroatoms. The van der Waals surface area contributed by atoms with E-state index in [0.717, 1.165) is 24.8 Å². The second-order valence-electron chi connectivity index (χ2n) is 11.2. The number of fused-ring (bicyclic) bond motifs is 1. The Labute approximate surface area is 215 Å². The molecular formula is C32H38O4. The average Bonchev–Trinajstić information content (AvgIpc) is 3.28. The summed E-state index contributed by atoms with van der Waals surface area (Å²) >= 11 is 0. The lowest BCUT2D eigenvalue weighted by atomic mass is 9.66. The first-order valence-corrected chi connectivity index (χ1v) is 13.2. The number of ketones is 3. The van der Waals surface area contributed by atoms with Crippen LogP contribution in [0.5, 0.6) is 5.75 Å². The topological polar surface area (TPSA) is 60.4 Å². The number of allylic oxidation sites excluding steroid dienone is 2. The van der Waals surface area contributed by atoms with Crippen LogP contribution < -0.4 is 4.74 Å². The lowest BCUT2D eigenvalue weighted by Gasteiger charge is -2.38. The molecule has 2 aromatic rings. The quantitative estimate of drug-likeness (QED) is 0.317. The Hall–Kier alpha value is -3.01. The number of rotatable bonds is 8. The first-order valence-electron chi connectivity index (χ1n) is 13.2. The molecule has 36 heavy (non-hydrogen) atoms. The molecule has 2 aliphatic rings. The zero-order chi connectivity index (χ0) is 26.1. The van der Waals surface area contributed by atoms with Crippen LogP contribution in [0.15, 0.2) is 42.5 Å². The number of hydrogen-bond donors (Lipinski definition) is 0. The largest absolute Gasteiger partial charge is 0.496 e. The van der Waals surface area contributed by atoms with Crippen molar-refractivity contribution in [1.82, 2.24) is 0 Å². The molecule has 4 nitrogen and oxygen atoms in total. The summed E-state index contributed by atoms with van der Waals surface area (Å²) in [4.78, 5) is 39.2. The van der Waals surface area contributed by atoms with E-state index >= 15 is 0 Å². The first kappa shape index (κ1) is 26.1. The van der Waals surface area contributed by atoms with Gasteiger partial charge in [-0.1, -0.05) is 63.6 Å². The van der Waals surface area contributed by atoms with Crippen molar-refractivity contribution in [1.29, 1.82) is 0 Å². The van der Waals surface area contributed by atoms with Crippen LogP contribution in [-0.4, -0.2) is 24.5 Å². The molecule has 0 N–H and O–H groups in total. The third kappa shape index (κ3) is 5.09. The van der Waals surface area contributed by atoms with Crippen LogP contribution in [-0.2, 0) is 22.4 Å². The van der Waals surface area contributed by atoms with Gasteiger partial charge in [0.2, 0.25) is 11.6 Å². The van der Waals surface area contributed by atoms with E-state index in [1.54, 1.807) is 27.0 Å². The number of ether oxygens (including phenoxy) is 1. The minimum Gasteiger partial charge on any atom is -0.496 e. The zero-order valence-electron chi connectivity index (χ0n) is 22.4. The van der Waals surface area contributed by atoms with Crippen LogP contribution in [0.4, 0.5) is 0 Å². The van der Waals surface area contributed by atoms with Gasteiger partial charge in [0.05, 0.1) is 12.7 Å². The van der Waals surface area contributed by atoms with Crippen LogP contribution in [0.3, 0.4) is 0 Å². The standard InChI is InChI=1S/C32H38O4/c1-18(2)30(33)32(35)25-12-11-23-16-29(36-6)28(17-27(23)25)31(34)26-14-20(4)24(13-21(26)5)15-22-9-7-19(3)8-10-22/h7-10,12,16-18,20-21,24,26H,11,13-15H2,1-6H3. The number of hydrogen-bond acceptors (Lipinski definition) is 4. The number of carbonyl (C=O) groups excluding carboxylic acids is 3. The van der Waals surface area contributed by atoms with E-state index in [2.05, 4.69) is 45.0 Å². The molecule has 190 valence electrons. The SMILES string of the molecule is COc1cc2c(cc1C(=O)C1CC(C)C(Cc3ccc(C)cc3)CC1C)C(C(=O)C(=O)C(C)C)=CC2. The van der Waals surface area contributed by atoms with E-state index in [1.807, 2.05) is 12.1 Å². The van der Waals surface area contributed by atoms with Gasteiger partial charge in [-0.25, -0.2) is 0 Å². The molecule has 0 bridgehead atoms. The first-order chi connectivity index (χ1) is 17.1. The highest BCUT2D eigenvalue weighted by atomic mass is 16.5. The van der Waals surface area contributed by atoms with Crippen LogP contribution in [0.1, 0.15) is 73.1 Å². The van der Waals surface area contributed by atoms with Gasteiger partial charge in [0, 0.05) is 17.4 Å². The van der Waals surface area contributed by atoms with Gasteiger partial charge in [0.1, 0.15) is 5.75 Å². The zero-order valence-corrected chi connectivity index (χ0v) is 22.4. The van der Waals surface area contributed by atoms with Crippen LogP contribution in [0.25, 0.3) is 5.57 Å². The molecule has 1 saturated carbocycles. The van der Waals surface area contributed by atoms with E-state index in [1.165, 1.54) is 11.1 Å². The maximum atomic E-state index is 13.9. The highest BCUT2D eigenvalue weighted by molar-refractivity contribution is 6.54. The van der Waals surface area contributed by atoms with Crippen molar-refractivity contribution >= 4 is 22.9 Å². The molecule has 0 aliphatic heterocycles. The van der Waals surface area contributed by atoms with E-state index in [4.69, 9.17) is 4.74 Å². The molecule has 0 amide bonds. The minimum absolute atomic E-state index is 0.0803. The minimum atomic E-state index is -0.467. The number of carbonyl (C=O) groups is 3. The highest BCUT2D eigenvalue weighted by Crippen LogP contribution is 2.43. The maximum absolute atomic E-state index is 13.9. The molecule has 0 radical (unpaired) electrons. The third-order valence-corrected chi connectivity index (χ3v) is 8.25. The fourth-order valence-electron chi connectivity index (χ4n) is 5.91. The smallest absolute Gasteiger partial charge is 0.229 e. The van der Waals surface area contributed by atoms with Gasteiger partial charge in [-0.3, -0.25) is 14.4 Å². The fourth-order valence-corrected chi connectivity index (χ4v) is 5.91. The Morgan fingerprint density at radius 2 is 1.69 bits per heavy atom. The maximum Gasteiger partial charge on any atom is 0.229 e. The number of Topliss-reactive ketones (excluding diaryl/α,β-unsaturated/α-hetero) is 3. The van der Waals surface area contributed by atoms with E-state index in [9.17, 15) is 14.4 Å². The van der Waals surface area contributed by atoms with Gasteiger partial charge >= 0.3 is 0 Å². The van der Waals surface area contributed by atoms with Gasteiger partial charge in [-0.2, -0.15) is 0 Å². The Morgan fingerprint density at radius 1 is 1.00 bits per heavy atom. The van der Waals surface area contributed by atoms with E-state index < -0.39 is 11.6 Å². The average molecular weight is 487 g/mol. The summed E-state index contributed by atoms with van der Waals surface area (Å²) in [6, 6.07) is 12.4. The Balaban J connectivity index is 1.56. The lowest BCUT2D eigenvalue weighted by molar-refractivity contribution is -0.135. The molecule has 0 spiro atoms. The number of methoxy groups -OCH3 is 1. The van der Waals surface area contributed by atoms with Gasteiger partial charge in [0.25, 0.3) is 0 Å². The molecule has 0 saturated heterocycles. The second kappa shape index (κ2) is 10.5. The predicted molar refractivity (Wildman–Crippen MR) is 143 cm³/mol. The van der Waals surface area contributed by atoms with Gasteiger partial charge in [-0.15, -0.1) is 0 Å². The molecular weight excluding hydrogens is 448 g/mol. The highest BCUT2D eigenvalue weighted by Gasteiger charge is 2.38. The summed E-state index contributed by atoms with van der Waals surface area (Å²) < 4.78 is 5.64. The summed E-state index contributed by atoms with van der Waals surface area (Å²) in [5, 5.41) is 0. The molecule has 1 fully saturated rings. The molecule has 0 heterocycles. The summed E-state index contributed by atoms with van der Waals surface area (Å²) in [6.07, 6.45) is 5.25. The predicted octanol–water partition coefficient (Wildman–Crippen LogP) is 6.46. The summed E-state index contributed by atoms with van der Waals surface area (Å²) in [5.41, 5.74) is 5.19. The van der Waals surface area contributed by atoms with Crippen LogP contribution in [0, 0.1) is 36.5 Å². The number of benzene rings is 2. The Bertz CT molecular complexity index is 1200. The molecule has 4 atom stereocenters. The summed E-state index contributed by atoms with van der Waals surface area (Å²) in [7, 11) is 1.58. The van der Waals surface area contributed by atoms with Crippen molar-refractivity contribution in [3.63, 3.8) is 0 Å². The third-order valence-electron chi connectivity index (χ3n) is 8.25. The Morgan fingerprint density at radius 3 is 2.33 bits per heavy atom. The fraction of sp³-hybridized carbons (Fsp3) is 0.469. The van der Waals surface area contributed by atoms with E-state index in [-0.39, 0.29) is 23.5 Å². The van der Waals surface area contributed by atoms with E-state index in [0.29, 0.717) is 40.7 Å². The second-order valence-corrected chi connectivity index (χ2v) is 11.2. The lowest BCUT2D eigenvalue weighted by Crippen LogP contribution is -2.35. The number of aryl methyl sites for hydroxylation is 1. The van der Waals surface area contributed by atoms with Gasteiger partial charge in [0.15, 0.2) is 5.78 Å². The van der Waals surface area contributed by atoms with Crippen molar-refractivity contribution in [2.24, 2.45) is 29.6 Å².